The third kappa shape index (κ3) is 3.27. The minimum absolute atomic E-state index is 0.444. The Balaban J connectivity index is 2.19. The van der Waals surface area contributed by atoms with E-state index in [9.17, 15) is 4.79 Å². The van der Waals surface area contributed by atoms with Crippen LogP contribution in [0.2, 0.25) is 0 Å². The zero-order valence-electron chi connectivity index (χ0n) is 8.99. The van der Waals surface area contributed by atoms with Crippen LogP contribution in [0, 0.1) is 0 Å². The van der Waals surface area contributed by atoms with Gasteiger partial charge in [0.05, 0.1) is 0 Å². The Bertz CT molecular complexity index is 191. The molecule has 4 nitrogen and oxygen atoms in total. The van der Waals surface area contributed by atoms with Gasteiger partial charge >= 0.3 is 5.97 Å². The summed E-state index contributed by atoms with van der Waals surface area (Å²) in [7, 11) is 0. The van der Waals surface area contributed by atoms with Crippen LogP contribution < -0.4 is 5.32 Å². The van der Waals surface area contributed by atoms with Crippen molar-refractivity contribution in [1.82, 2.24) is 10.2 Å². The first-order valence-electron chi connectivity index (χ1n) is 5.31. The number of carboxylic acid groups (broad SMARTS) is 1. The minimum atomic E-state index is -0.779. The molecule has 1 aliphatic rings. The van der Waals surface area contributed by atoms with Crippen molar-refractivity contribution in [1.29, 1.82) is 0 Å². The lowest BCUT2D eigenvalue weighted by Crippen LogP contribution is -2.43. The summed E-state index contributed by atoms with van der Waals surface area (Å²) in [5.74, 6) is -0.779. The molecular formula is C10H20N2O2. The van der Waals surface area contributed by atoms with Gasteiger partial charge in [0.15, 0.2) is 0 Å². The highest BCUT2D eigenvalue weighted by atomic mass is 16.4. The molecule has 0 saturated carbocycles. The molecule has 2 atom stereocenters. The van der Waals surface area contributed by atoms with Gasteiger partial charge in [-0.2, -0.15) is 0 Å². The van der Waals surface area contributed by atoms with Crippen LogP contribution in [0.25, 0.3) is 0 Å². The summed E-state index contributed by atoms with van der Waals surface area (Å²) in [5, 5.41) is 11.7. The van der Waals surface area contributed by atoms with Crippen molar-refractivity contribution >= 4 is 5.97 Å². The predicted octanol–water partition coefficient (Wildman–Crippen LogP) is 0.533. The molecule has 4 heteroatoms. The van der Waals surface area contributed by atoms with E-state index in [0.717, 1.165) is 19.6 Å². The number of rotatable bonds is 5. The quantitative estimate of drug-likeness (QED) is 0.680. The molecule has 0 spiro atoms. The molecule has 0 radical (unpaired) electrons. The van der Waals surface area contributed by atoms with E-state index in [0.29, 0.717) is 6.04 Å². The highest BCUT2D eigenvalue weighted by Gasteiger charge is 2.19. The minimum Gasteiger partial charge on any atom is -0.480 e. The Hall–Kier alpha value is -0.610. The smallest absolute Gasteiger partial charge is 0.320 e. The van der Waals surface area contributed by atoms with Crippen molar-refractivity contribution in [3.63, 3.8) is 0 Å². The lowest BCUT2D eigenvalue weighted by atomic mass is 10.2. The third-order valence-corrected chi connectivity index (χ3v) is 2.85. The Morgan fingerprint density at radius 2 is 2.00 bits per heavy atom. The molecule has 1 saturated heterocycles. The van der Waals surface area contributed by atoms with E-state index in [-0.39, 0.29) is 0 Å². The average molecular weight is 200 g/mol. The molecule has 14 heavy (non-hydrogen) atoms. The molecule has 1 heterocycles. The maximum Gasteiger partial charge on any atom is 0.320 e. The maximum atomic E-state index is 10.6. The molecule has 2 N–H and O–H groups in total. The molecule has 0 aromatic carbocycles. The summed E-state index contributed by atoms with van der Waals surface area (Å²) in [6.07, 6.45) is 2.55. The SMILES string of the molecule is CC(NCC(C)N1CCCC1)C(=O)O. The molecule has 1 aliphatic heterocycles. The first-order valence-corrected chi connectivity index (χ1v) is 5.31. The second-order valence-corrected chi connectivity index (χ2v) is 4.06. The molecule has 0 aromatic heterocycles. The first-order chi connectivity index (χ1) is 6.61. The van der Waals surface area contributed by atoms with Crippen molar-refractivity contribution in [2.75, 3.05) is 19.6 Å². The summed E-state index contributed by atoms with van der Waals surface area (Å²) in [5.41, 5.74) is 0. The van der Waals surface area contributed by atoms with Crippen LogP contribution in [-0.4, -0.2) is 47.7 Å². The van der Waals surface area contributed by atoms with Gasteiger partial charge in [-0.3, -0.25) is 9.69 Å². The van der Waals surface area contributed by atoms with E-state index in [1.165, 1.54) is 12.8 Å². The third-order valence-electron chi connectivity index (χ3n) is 2.85. The summed E-state index contributed by atoms with van der Waals surface area (Å²) >= 11 is 0. The second-order valence-electron chi connectivity index (χ2n) is 4.06. The summed E-state index contributed by atoms with van der Waals surface area (Å²) < 4.78 is 0. The standard InChI is InChI=1S/C10H20N2O2/c1-8(12-5-3-4-6-12)7-11-9(2)10(13)14/h8-9,11H,3-7H2,1-2H3,(H,13,14). The molecule has 0 aromatic rings. The van der Waals surface area contributed by atoms with E-state index in [1.807, 2.05) is 0 Å². The van der Waals surface area contributed by atoms with Crippen LogP contribution in [0.15, 0.2) is 0 Å². The molecular weight excluding hydrogens is 180 g/mol. The zero-order valence-corrected chi connectivity index (χ0v) is 8.99. The molecule has 1 fully saturated rings. The van der Waals surface area contributed by atoms with Gasteiger partial charge in [-0.15, -0.1) is 0 Å². The van der Waals surface area contributed by atoms with E-state index in [1.54, 1.807) is 6.92 Å². The number of carbonyl (C=O) groups is 1. The summed E-state index contributed by atoms with van der Waals surface area (Å²) in [4.78, 5) is 13.0. The normalized spacial score (nSPS) is 22.1. The Kier molecular flexibility index (Phi) is 4.35. The fourth-order valence-corrected chi connectivity index (χ4v) is 1.75. The Morgan fingerprint density at radius 3 is 2.50 bits per heavy atom. The van der Waals surface area contributed by atoms with Crippen molar-refractivity contribution in [3.8, 4) is 0 Å². The van der Waals surface area contributed by atoms with Crippen molar-refractivity contribution in [2.24, 2.45) is 0 Å². The van der Waals surface area contributed by atoms with E-state index < -0.39 is 12.0 Å². The lowest BCUT2D eigenvalue weighted by molar-refractivity contribution is -0.139. The van der Waals surface area contributed by atoms with Crippen LogP contribution in [0.1, 0.15) is 26.7 Å². The number of hydrogen-bond donors (Lipinski definition) is 2. The van der Waals surface area contributed by atoms with Crippen LogP contribution >= 0.6 is 0 Å². The molecule has 0 bridgehead atoms. The van der Waals surface area contributed by atoms with E-state index >= 15 is 0 Å². The molecule has 82 valence electrons. The van der Waals surface area contributed by atoms with Gasteiger partial charge in [-0.25, -0.2) is 0 Å². The van der Waals surface area contributed by atoms with Crippen molar-refractivity contribution in [3.05, 3.63) is 0 Å². The second kappa shape index (κ2) is 5.32. The number of likely N-dealkylation sites (tertiary alicyclic amines) is 1. The van der Waals surface area contributed by atoms with Crippen LogP contribution in [0.3, 0.4) is 0 Å². The highest BCUT2D eigenvalue weighted by Crippen LogP contribution is 2.10. The van der Waals surface area contributed by atoms with Gasteiger partial charge in [-0.1, -0.05) is 0 Å². The molecule has 0 amide bonds. The Labute approximate surface area is 85.3 Å². The van der Waals surface area contributed by atoms with Crippen LogP contribution in [-0.2, 0) is 4.79 Å². The molecule has 1 rings (SSSR count). The largest absolute Gasteiger partial charge is 0.480 e. The number of nitrogens with zero attached hydrogens (tertiary/aromatic N) is 1. The van der Waals surface area contributed by atoms with Crippen molar-refractivity contribution < 1.29 is 9.90 Å². The molecule has 0 aliphatic carbocycles. The topological polar surface area (TPSA) is 52.6 Å². The van der Waals surface area contributed by atoms with E-state index in [4.69, 9.17) is 5.11 Å². The van der Waals surface area contributed by atoms with E-state index in [2.05, 4.69) is 17.1 Å². The lowest BCUT2D eigenvalue weighted by Gasteiger charge is -2.24. The maximum absolute atomic E-state index is 10.6. The Morgan fingerprint density at radius 1 is 1.43 bits per heavy atom. The number of aliphatic carboxylic acids is 1. The summed E-state index contributed by atoms with van der Waals surface area (Å²) in [6.45, 7) is 6.90. The van der Waals surface area contributed by atoms with Gasteiger partial charge in [-0.05, 0) is 39.8 Å². The van der Waals surface area contributed by atoms with Crippen LogP contribution in [0.5, 0.6) is 0 Å². The van der Waals surface area contributed by atoms with Gasteiger partial charge in [0, 0.05) is 12.6 Å². The number of nitrogens with one attached hydrogen (secondary N) is 1. The van der Waals surface area contributed by atoms with Gasteiger partial charge in [0.1, 0.15) is 6.04 Å². The van der Waals surface area contributed by atoms with Gasteiger partial charge < -0.3 is 10.4 Å². The van der Waals surface area contributed by atoms with Gasteiger partial charge in [0.2, 0.25) is 0 Å². The van der Waals surface area contributed by atoms with Crippen molar-refractivity contribution in [2.45, 2.75) is 38.8 Å². The fourth-order valence-electron chi connectivity index (χ4n) is 1.75. The number of carboxylic acids is 1. The average Bonchev–Trinajstić information content (AvgIpc) is 2.66. The first kappa shape index (κ1) is 11.5. The number of hydrogen-bond acceptors (Lipinski definition) is 3. The van der Waals surface area contributed by atoms with Gasteiger partial charge in [0.25, 0.3) is 0 Å². The zero-order chi connectivity index (χ0) is 10.6. The predicted molar refractivity (Wildman–Crippen MR) is 55.4 cm³/mol. The molecule has 2 unspecified atom stereocenters. The monoisotopic (exact) mass is 200 g/mol. The van der Waals surface area contributed by atoms with Crippen LogP contribution in [0.4, 0.5) is 0 Å². The summed E-state index contributed by atoms with van der Waals surface area (Å²) in [6, 6.07) is -0.000599. The fraction of sp³-hybridized carbons (Fsp3) is 0.900. The highest BCUT2D eigenvalue weighted by molar-refractivity contribution is 5.72.